The minimum atomic E-state index is -0.377. The lowest BCUT2D eigenvalue weighted by Crippen LogP contribution is -2.41. The van der Waals surface area contributed by atoms with Crippen molar-refractivity contribution in [3.63, 3.8) is 0 Å². The van der Waals surface area contributed by atoms with Crippen molar-refractivity contribution < 1.29 is 14.4 Å². The number of imide groups is 1. The number of amides is 4. The summed E-state index contributed by atoms with van der Waals surface area (Å²) in [5, 5.41) is 4.61. The number of likely N-dealkylation sites (tertiary alicyclic amines) is 2. The molecule has 0 bridgehead atoms. The van der Waals surface area contributed by atoms with Gasteiger partial charge in [-0.05, 0) is 0 Å². The number of carbonyl (C=O) groups is 3. The molecule has 106 valence electrons. The molecule has 0 aromatic carbocycles. The summed E-state index contributed by atoms with van der Waals surface area (Å²) in [6, 6.07) is -0.254. The van der Waals surface area contributed by atoms with Crippen LogP contribution in [0, 0.1) is 11.8 Å². The Labute approximate surface area is 119 Å². The molecule has 20 heavy (non-hydrogen) atoms. The smallest absolute Gasteiger partial charge is 0.317 e. The number of hydrogen-bond acceptors (Lipinski definition) is 5. The number of fused-ring (bicyclic) bond motifs is 1. The third-order valence-corrected chi connectivity index (χ3v) is 4.44. The summed E-state index contributed by atoms with van der Waals surface area (Å²) < 4.78 is 0. The number of carbonyl (C=O) groups excluding carboxylic acids is 3. The van der Waals surface area contributed by atoms with Crippen LogP contribution in [0.4, 0.5) is 4.79 Å². The Morgan fingerprint density at radius 2 is 2.05 bits per heavy atom. The predicted molar refractivity (Wildman–Crippen MR) is 70.7 cm³/mol. The zero-order valence-electron chi connectivity index (χ0n) is 10.9. The molecule has 0 aliphatic carbocycles. The topological polar surface area (TPSA) is 82.6 Å². The van der Waals surface area contributed by atoms with Gasteiger partial charge in [0.25, 0.3) is 0 Å². The van der Waals surface area contributed by atoms with Gasteiger partial charge >= 0.3 is 6.03 Å². The van der Waals surface area contributed by atoms with Gasteiger partial charge in [-0.3, -0.25) is 14.5 Å². The highest BCUT2D eigenvalue weighted by Crippen LogP contribution is 2.32. The molecule has 1 aromatic rings. The summed E-state index contributed by atoms with van der Waals surface area (Å²) in [7, 11) is 1.50. The monoisotopic (exact) mass is 294 g/mol. The van der Waals surface area contributed by atoms with Gasteiger partial charge in [-0.15, -0.1) is 11.3 Å². The van der Waals surface area contributed by atoms with Crippen molar-refractivity contribution in [3.05, 3.63) is 16.6 Å². The van der Waals surface area contributed by atoms with E-state index in [1.54, 1.807) is 5.51 Å². The third-order valence-electron chi connectivity index (χ3n) is 3.81. The minimum absolute atomic E-state index is 0.185. The van der Waals surface area contributed by atoms with E-state index in [1.165, 1.54) is 28.2 Å². The van der Waals surface area contributed by atoms with Gasteiger partial charge in [0, 0.05) is 25.5 Å². The summed E-state index contributed by atoms with van der Waals surface area (Å²) in [4.78, 5) is 42.5. The van der Waals surface area contributed by atoms with Crippen LogP contribution < -0.4 is 5.32 Å². The molecule has 0 radical (unpaired) electrons. The van der Waals surface area contributed by atoms with E-state index in [9.17, 15) is 14.4 Å². The van der Waals surface area contributed by atoms with Gasteiger partial charge in [0.1, 0.15) is 0 Å². The maximum absolute atomic E-state index is 12.0. The van der Waals surface area contributed by atoms with E-state index >= 15 is 0 Å². The van der Waals surface area contributed by atoms with Crippen LogP contribution in [0.1, 0.15) is 5.69 Å². The molecule has 2 saturated heterocycles. The van der Waals surface area contributed by atoms with Crippen molar-refractivity contribution in [2.24, 2.45) is 11.8 Å². The van der Waals surface area contributed by atoms with E-state index in [4.69, 9.17) is 0 Å². The summed E-state index contributed by atoms with van der Waals surface area (Å²) in [6.45, 7) is 0.973. The van der Waals surface area contributed by atoms with E-state index in [1.807, 2.05) is 5.38 Å². The Kier molecular flexibility index (Phi) is 3.17. The third kappa shape index (κ3) is 2.05. The molecule has 4 amide bonds. The van der Waals surface area contributed by atoms with Gasteiger partial charge < -0.3 is 10.2 Å². The number of urea groups is 1. The molecule has 3 heterocycles. The average Bonchev–Trinajstić information content (AvgIpc) is 3.14. The lowest BCUT2D eigenvalue weighted by atomic mass is 10.00. The highest BCUT2D eigenvalue weighted by molar-refractivity contribution is 7.07. The van der Waals surface area contributed by atoms with Gasteiger partial charge in [0.05, 0.1) is 29.6 Å². The van der Waals surface area contributed by atoms with E-state index < -0.39 is 0 Å². The van der Waals surface area contributed by atoms with E-state index in [-0.39, 0.29) is 29.7 Å². The molecule has 0 unspecified atom stereocenters. The summed E-state index contributed by atoms with van der Waals surface area (Å²) in [6.07, 6.45) is 0. The quantitative estimate of drug-likeness (QED) is 0.772. The first-order valence-corrected chi connectivity index (χ1v) is 7.23. The number of nitrogens with one attached hydrogen (secondary N) is 1. The largest absolute Gasteiger partial charge is 0.332 e. The van der Waals surface area contributed by atoms with E-state index in [0.29, 0.717) is 19.6 Å². The van der Waals surface area contributed by atoms with Crippen molar-refractivity contribution in [2.75, 3.05) is 20.1 Å². The van der Waals surface area contributed by atoms with Crippen molar-refractivity contribution in [1.82, 2.24) is 20.1 Å². The standard InChI is InChI=1S/C12H14N4O3S/c1-15-10(17)8-3-16(4-9(8)11(15)18)12(19)13-2-7-5-20-6-14-7/h5-6,8-9H,2-4H2,1H3,(H,13,19)/t8-,9+. The van der Waals surface area contributed by atoms with Crippen molar-refractivity contribution >= 4 is 29.2 Å². The summed E-state index contributed by atoms with van der Waals surface area (Å²) in [5.41, 5.74) is 2.50. The molecule has 2 aliphatic rings. The highest BCUT2D eigenvalue weighted by atomic mass is 32.1. The van der Waals surface area contributed by atoms with Crippen LogP contribution in [-0.4, -0.2) is 52.8 Å². The average molecular weight is 294 g/mol. The molecule has 0 saturated carbocycles. The van der Waals surface area contributed by atoms with Crippen LogP contribution in [0.2, 0.25) is 0 Å². The molecule has 2 atom stereocenters. The van der Waals surface area contributed by atoms with Gasteiger partial charge in [0.2, 0.25) is 11.8 Å². The second-order valence-corrected chi connectivity index (χ2v) is 5.71. The number of rotatable bonds is 2. The van der Waals surface area contributed by atoms with E-state index in [0.717, 1.165) is 5.69 Å². The number of aromatic nitrogens is 1. The Bertz CT molecular complexity index is 535. The van der Waals surface area contributed by atoms with Gasteiger partial charge in [-0.1, -0.05) is 0 Å². The zero-order chi connectivity index (χ0) is 14.3. The molecular weight excluding hydrogens is 280 g/mol. The maximum atomic E-state index is 12.0. The van der Waals surface area contributed by atoms with Gasteiger partial charge in [-0.25, -0.2) is 9.78 Å². The predicted octanol–water partition coefficient (Wildman–Crippen LogP) is -0.101. The van der Waals surface area contributed by atoms with Gasteiger partial charge in [-0.2, -0.15) is 0 Å². The fraction of sp³-hybridized carbons (Fsp3) is 0.500. The second kappa shape index (κ2) is 4.86. The summed E-state index contributed by atoms with van der Waals surface area (Å²) in [5.74, 6) is -1.13. The van der Waals surface area contributed by atoms with Crippen molar-refractivity contribution in [3.8, 4) is 0 Å². The summed E-state index contributed by atoms with van der Waals surface area (Å²) >= 11 is 1.47. The fourth-order valence-corrected chi connectivity index (χ4v) is 3.24. The molecular formula is C12H14N4O3S. The molecule has 3 rings (SSSR count). The Hall–Kier alpha value is -1.96. The van der Waals surface area contributed by atoms with Crippen molar-refractivity contribution in [2.45, 2.75) is 6.54 Å². The first-order chi connectivity index (χ1) is 9.58. The van der Waals surface area contributed by atoms with Crippen LogP contribution in [-0.2, 0) is 16.1 Å². The van der Waals surface area contributed by atoms with Crippen LogP contribution in [0.3, 0.4) is 0 Å². The van der Waals surface area contributed by atoms with Gasteiger partial charge in [0.15, 0.2) is 0 Å². The molecule has 2 fully saturated rings. The maximum Gasteiger partial charge on any atom is 0.317 e. The Morgan fingerprint density at radius 3 is 2.60 bits per heavy atom. The second-order valence-electron chi connectivity index (χ2n) is 4.99. The molecule has 1 N–H and O–H groups in total. The molecule has 1 aromatic heterocycles. The Balaban J connectivity index is 1.59. The normalized spacial score (nSPS) is 25.2. The SMILES string of the molecule is CN1C(=O)[C@H]2CN(C(=O)NCc3cscn3)C[C@H]2C1=O. The highest BCUT2D eigenvalue weighted by Gasteiger charge is 2.51. The van der Waals surface area contributed by atoms with E-state index in [2.05, 4.69) is 10.3 Å². The lowest BCUT2D eigenvalue weighted by molar-refractivity contribution is -0.138. The number of thiazole rings is 1. The lowest BCUT2D eigenvalue weighted by Gasteiger charge is -2.19. The van der Waals surface area contributed by atoms with Crippen LogP contribution >= 0.6 is 11.3 Å². The number of hydrogen-bond donors (Lipinski definition) is 1. The zero-order valence-corrected chi connectivity index (χ0v) is 11.7. The first kappa shape index (κ1) is 13.0. The van der Waals surface area contributed by atoms with Crippen LogP contribution in [0.15, 0.2) is 10.9 Å². The first-order valence-electron chi connectivity index (χ1n) is 6.29. The molecule has 0 spiro atoms. The molecule has 8 heteroatoms. The fourth-order valence-electron chi connectivity index (χ4n) is 2.68. The Morgan fingerprint density at radius 1 is 1.40 bits per heavy atom. The van der Waals surface area contributed by atoms with Crippen LogP contribution in [0.25, 0.3) is 0 Å². The minimum Gasteiger partial charge on any atom is -0.332 e. The molecule has 7 nitrogen and oxygen atoms in total. The number of nitrogens with zero attached hydrogens (tertiary/aromatic N) is 3. The van der Waals surface area contributed by atoms with Crippen LogP contribution in [0.5, 0.6) is 0 Å². The van der Waals surface area contributed by atoms with Crippen molar-refractivity contribution in [1.29, 1.82) is 0 Å². The molecule has 2 aliphatic heterocycles.